The van der Waals surface area contributed by atoms with Crippen LogP contribution >= 0.6 is 0 Å². The Morgan fingerprint density at radius 3 is 1.18 bits per heavy atom. The number of amides is 2. The molecule has 2 aromatic carbocycles. The van der Waals surface area contributed by atoms with Gasteiger partial charge in [0.2, 0.25) is 11.8 Å². The third kappa shape index (κ3) is 15.6. The van der Waals surface area contributed by atoms with E-state index in [1.165, 1.54) is 89.2 Å². The molecule has 2 aromatic rings. The van der Waals surface area contributed by atoms with E-state index in [1.807, 2.05) is 24.3 Å². The van der Waals surface area contributed by atoms with E-state index in [1.54, 1.807) is 13.8 Å². The van der Waals surface area contributed by atoms with Gasteiger partial charge < -0.3 is 20.1 Å². The van der Waals surface area contributed by atoms with E-state index in [0.29, 0.717) is 0 Å². The number of aryl methyl sites for hydroxylation is 2. The van der Waals surface area contributed by atoms with Crippen molar-refractivity contribution in [3.8, 4) is 0 Å². The first-order chi connectivity index (χ1) is 24.6. The standard InChI is InChI=1S/C43H66N2O6/c1-7-11-13-15-17-19-21-35-23-27-37(28-24-35)39(44-33(5)46)31-50-41(48)43(9-3,10-4)42(49)51-32-40(45-34(6)47)38-29-25-36(26-30-38)22-20-18-16-14-12-8-2/h23-30,39-40H,7-22,31-32H2,1-6H3,(H,44,46)(H,45,47). The molecule has 2 rings (SSSR count). The predicted octanol–water partition coefficient (Wildman–Crippen LogP) is 9.44. The molecule has 0 aliphatic rings. The molecule has 0 aliphatic carbocycles. The normalized spacial score (nSPS) is 12.5. The summed E-state index contributed by atoms with van der Waals surface area (Å²) in [7, 11) is 0. The van der Waals surface area contributed by atoms with Crippen LogP contribution in [0, 0.1) is 5.41 Å². The minimum atomic E-state index is -1.52. The van der Waals surface area contributed by atoms with Gasteiger partial charge in [-0.2, -0.15) is 0 Å². The summed E-state index contributed by atoms with van der Waals surface area (Å²) in [6, 6.07) is 15.0. The summed E-state index contributed by atoms with van der Waals surface area (Å²) < 4.78 is 11.5. The number of unbranched alkanes of at least 4 members (excludes halogenated alkanes) is 10. The molecular formula is C43H66N2O6. The van der Waals surface area contributed by atoms with Crippen molar-refractivity contribution in [2.75, 3.05) is 13.2 Å². The molecule has 0 heterocycles. The van der Waals surface area contributed by atoms with Gasteiger partial charge in [-0.05, 0) is 60.8 Å². The number of carbonyl (C=O) groups excluding carboxylic acids is 4. The van der Waals surface area contributed by atoms with Crippen LogP contribution in [-0.4, -0.2) is 37.0 Å². The van der Waals surface area contributed by atoms with E-state index in [-0.39, 0.29) is 37.9 Å². The van der Waals surface area contributed by atoms with Crippen molar-refractivity contribution in [2.45, 2.75) is 156 Å². The number of hydrogen-bond acceptors (Lipinski definition) is 6. The van der Waals surface area contributed by atoms with Crippen LogP contribution in [0.2, 0.25) is 0 Å². The minimum absolute atomic E-state index is 0.121. The highest BCUT2D eigenvalue weighted by Gasteiger charge is 2.46. The zero-order chi connectivity index (χ0) is 37.5. The summed E-state index contributed by atoms with van der Waals surface area (Å²) >= 11 is 0. The van der Waals surface area contributed by atoms with E-state index >= 15 is 0 Å². The fourth-order valence-electron chi connectivity index (χ4n) is 6.49. The Balaban J connectivity index is 2.04. The first-order valence-electron chi connectivity index (χ1n) is 19.7. The van der Waals surface area contributed by atoms with Crippen LogP contribution < -0.4 is 10.6 Å². The zero-order valence-corrected chi connectivity index (χ0v) is 32.5. The first kappa shape index (κ1) is 43.5. The number of esters is 2. The Morgan fingerprint density at radius 2 is 0.863 bits per heavy atom. The maximum Gasteiger partial charge on any atom is 0.323 e. The maximum atomic E-state index is 13.6. The Hall–Kier alpha value is -3.68. The molecule has 0 aliphatic heterocycles. The van der Waals surface area contributed by atoms with Gasteiger partial charge in [0.15, 0.2) is 5.41 Å². The third-order valence-electron chi connectivity index (χ3n) is 9.91. The van der Waals surface area contributed by atoms with Crippen molar-refractivity contribution in [1.82, 2.24) is 10.6 Å². The molecule has 0 spiro atoms. The van der Waals surface area contributed by atoms with Crippen molar-refractivity contribution in [2.24, 2.45) is 5.41 Å². The molecule has 2 N–H and O–H groups in total. The predicted molar refractivity (Wildman–Crippen MR) is 205 cm³/mol. The van der Waals surface area contributed by atoms with Gasteiger partial charge in [-0.1, -0.05) is 140 Å². The largest absolute Gasteiger partial charge is 0.462 e. The van der Waals surface area contributed by atoms with Crippen LogP contribution in [0.5, 0.6) is 0 Å². The van der Waals surface area contributed by atoms with E-state index in [9.17, 15) is 19.2 Å². The molecule has 0 saturated heterocycles. The smallest absolute Gasteiger partial charge is 0.323 e. The monoisotopic (exact) mass is 706 g/mol. The van der Waals surface area contributed by atoms with Crippen molar-refractivity contribution in [1.29, 1.82) is 0 Å². The molecule has 51 heavy (non-hydrogen) atoms. The first-order valence-corrected chi connectivity index (χ1v) is 19.7. The lowest BCUT2D eigenvalue weighted by molar-refractivity contribution is -0.174. The number of ether oxygens (including phenoxy) is 2. The van der Waals surface area contributed by atoms with Crippen LogP contribution in [0.15, 0.2) is 48.5 Å². The van der Waals surface area contributed by atoms with Gasteiger partial charge in [-0.25, -0.2) is 0 Å². The minimum Gasteiger partial charge on any atom is -0.462 e. The Labute approximate surface area is 308 Å². The second-order valence-corrected chi connectivity index (χ2v) is 14.0. The molecule has 2 unspecified atom stereocenters. The number of rotatable bonds is 26. The fourth-order valence-corrected chi connectivity index (χ4v) is 6.49. The molecule has 8 heteroatoms. The van der Waals surface area contributed by atoms with Crippen LogP contribution in [-0.2, 0) is 41.5 Å². The van der Waals surface area contributed by atoms with Gasteiger partial charge in [-0.15, -0.1) is 0 Å². The third-order valence-corrected chi connectivity index (χ3v) is 9.91. The Kier molecular flexibility index (Phi) is 20.9. The van der Waals surface area contributed by atoms with Crippen molar-refractivity contribution in [3.05, 3.63) is 70.8 Å². The Bertz CT molecular complexity index is 1210. The molecule has 0 saturated carbocycles. The summed E-state index contributed by atoms with van der Waals surface area (Å²) in [5.74, 6) is -1.88. The molecule has 0 aromatic heterocycles. The summed E-state index contributed by atoms with van der Waals surface area (Å²) in [6.45, 7) is 10.6. The van der Waals surface area contributed by atoms with Crippen molar-refractivity contribution >= 4 is 23.8 Å². The van der Waals surface area contributed by atoms with Crippen molar-refractivity contribution < 1.29 is 28.7 Å². The van der Waals surface area contributed by atoms with Gasteiger partial charge in [-0.3, -0.25) is 19.2 Å². The number of benzene rings is 2. The lowest BCUT2D eigenvalue weighted by Gasteiger charge is -2.29. The average molecular weight is 707 g/mol. The van der Waals surface area contributed by atoms with E-state index in [2.05, 4.69) is 48.7 Å². The summed E-state index contributed by atoms with van der Waals surface area (Å²) in [5, 5.41) is 5.78. The maximum absolute atomic E-state index is 13.6. The van der Waals surface area contributed by atoms with Gasteiger partial charge in [0, 0.05) is 13.8 Å². The Morgan fingerprint density at radius 1 is 0.529 bits per heavy atom. The zero-order valence-electron chi connectivity index (χ0n) is 32.5. The molecule has 0 fully saturated rings. The molecule has 8 nitrogen and oxygen atoms in total. The van der Waals surface area contributed by atoms with Crippen molar-refractivity contribution in [3.63, 3.8) is 0 Å². The molecular weight excluding hydrogens is 640 g/mol. The highest BCUT2D eigenvalue weighted by Crippen LogP contribution is 2.32. The highest BCUT2D eigenvalue weighted by atomic mass is 16.6. The molecule has 2 amide bonds. The van der Waals surface area contributed by atoms with Gasteiger partial charge in [0.05, 0.1) is 12.1 Å². The SMILES string of the molecule is CCCCCCCCc1ccc(C(COC(=O)C(CC)(CC)C(=O)OCC(NC(C)=O)c2ccc(CCCCCCCC)cc2)NC(C)=O)cc1. The van der Waals surface area contributed by atoms with Crippen LogP contribution in [0.1, 0.15) is 166 Å². The summed E-state index contributed by atoms with van der Waals surface area (Å²) in [6.07, 6.45) is 17.2. The second kappa shape index (κ2) is 24.5. The summed E-state index contributed by atoms with van der Waals surface area (Å²) in [4.78, 5) is 51.5. The van der Waals surface area contributed by atoms with E-state index < -0.39 is 29.4 Å². The molecule has 284 valence electrons. The molecule has 0 bridgehead atoms. The quantitative estimate of drug-likeness (QED) is 0.0573. The topological polar surface area (TPSA) is 111 Å². The molecule has 2 atom stereocenters. The lowest BCUT2D eigenvalue weighted by atomic mass is 9.82. The van der Waals surface area contributed by atoms with Gasteiger partial charge in [0.25, 0.3) is 0 Å². The number of carbonyl (C=O) groups is 4. The van der Waals surface area contributed by atoms with E-state index in [0.717, 1.165) is 36.8 Å². The molecule has 0 radical (unpaired) electrons. The van der Waals surface area contributed by atoms with Gasteiger partial charge >= 0.3 is 11.9 Å². The van der Waals surface area contributed by atoms with Crippen LogP contribution in [0.3, 0.4) is 0 Å². The number of hydrogen-bond donors (Lipinski definition) is 2. The van der Waals surface area contributed by atoms with Crippen LogP contribution in [0.4, 0.5) is 0 Å². The summed E-state index contributed by atoms with van der Waals surface area (Å²) in [5.41, 5.74) is 2.58. The fraction of sp³-hybridized carbons (Fsp3) is 0.628. The average Bonchev–Trinajstić information content (AvgIpc) is 3.12. The van der Waals surface area contributed by atoms with Gasteiger partial charge in [0.1, 0.15) is 13.2 Å². The lowest BCUT2D eigenvalue weighted by Crippen LogP contribution is -2.43. The van der Waals surface area contributed by atoms with E-state index in [4.69, 9.17) is 9.47 Å². The van der Waals surface area contributed by atoms with Crippen LogP contribution in [0.25, 0.3) is 0 Å². The highest BCUT2D eigenvalue weighted by molar-refractivity contribution is 6.00. The number of nitrogens with one attached hydrogen (secondary N) is 2. The second-order valence-electron chi connectivity index (χ2n) is 14.0.